The maximum Gasteiger partial charge on any atom is 0.0146 e. The van der Waals surface area contributed by atoms with Crippen molar-refractivity contribution in [1.29, 1.82) is 0 Å². The fourth-order valence-corrected chi connectivity index (χ4v) is 3.57. The van der Waals surface area contributed by atoms with Crippen LogP contribution < -0.4 is 0 Å². The van der Waals surface area contributed by atoms with Crippen LogP contribution in [0, 0.1) is 13.8 Å². The molecule has 0 N–H and O–H groups in total. The molecular weight excluding hydrogens is 312 g/mol. The predicted octanol–water partition coefficient (Wildman–Crippen LogP) is 6.96. The van der Waals surface area contributed by atoms with Gasteiger partial charge >= 0.3 is 0 Å². The minimum absolute atomic E-state index is 0.0208. The van der Waals surface area contributed by atoms with Gasteiger partial charge in [-0.3, -0.25) is 0 Å². The minimum Gasteiger partial charge on any atom is -0.0617 e. The third-order valence-electron chi connectivity index (χ3n) is 5.85. The van der Waals surface area contributed by atoms with E-state index in [0.717, 1.165) is 0 Å². The van der Waals surface area contributed by atoms with Gasteiger partial charge < -0.3 is 0 Å². The fourth-order valence-electron chi connectivity index (χ4n) is 3.57. The monoisotopic (exact) mass is 342 g/mol. The summed E-state index contributed by atoms with van der Waals surface area (Å²) in [5.41, 5.74) is 8.00. The highest BCUT2D eigenvalue weighted by Gasteiger charge is 2.27. The van der Waals surface area contributed by atoms with Crippen LogP contribution in [0.5, 0.6) is 0 Å². The van der Waals surface area contributed by atoms with Gasteiger partial charge in [0.05, 0.1) is 0 Å². The van der Waals surface area contributed by atoms with Gasteiger partial charge in [0.1, 0.15) is 0 Å². The SMILES string of the molecule is Cc1ccc(C(C)(C)c2cccc(C(C)(C)c3ccc(C)cc3)c2)cc1. The Labute approximate surface area is 158 Å². The summed E-state index contributed by atoms with van der Waals surface area (Å²) < 4.78 is 0. The van der Waals surface area contributed by atoms with Crippen LogP contribution in [0.4, 0.5) is 0 Å². The van der Waals surface area contributed by atoms with E-state index >= 15 is 0 Å². The van der Waals surface area contributed by atoms with Gasteiger partial charge in [0.2, 0.25) is 0 Å². The van der Waals surface area contributed by atoms with Gasteiger partial charge in [-0.15, -0.1) is 0 Å². The number of benzene rings is 3. The van der Waals surface area contributed by atoms with Crippen molar-refractivity contribution in [3.05, 3.63) is 106 Å². The maximum absolute atomic E-state index is 2.39. The zero-order valence-corrected chi connectivity index (χ0v) is 16.9. The lowest BCUT2D eigenvalue weighted by Gasteiger charge is -2.31. The van der Waals surface area contributed by atoms with Crippen molar-refractivity contribution >= 4 is 0 Å². The van der Waals surface area contributed by atoms with Crippen molar-refractivity contribution in [1.82, 2.24) is 0 Å². The maximum atomic E-state index is 2.39. The summed E-state index contributed by atoms with van der Waals surface area (Å²) in [6, 6.07) is 27.0. The van der Waals surface area contributed by atoms with E-state index in [9.17, 15) is 0 Å². The largest absolute Gasteiger partial charge is 0.0617 e. The van der Waals surface area contributed by atoms with E-state index < -0.39 is 0 Å². The zero-order chi connectivity index (χ0) is 18.9. The average molecular weight is 343 g/mol. The molecule has 0 heterocycles. The molecule has 0 aliphatic heterocycles. The van der Waals surface area contributed by atoms with Crippen molar-refractivity contribution in [2.24, 2.45) is 0 Å². The van der Waals surface area contributed by atoms with Crippen molar-refractivity contribution in [2.75, 3.05) is 0 Å². The highest BCUT2D eigenvalue weighted by molar-refractivity contribution is 5.45. The molecule has 3 rings (SSSR count). The van der Waals surface area contributed by atoms with E-state index in [1.54, 1.807) is 0 Å². The van der Waals surface area contributed by atoms with Crippen LogP contribution in [-0.4, -0.2) is 0 Å². The Balaban J connectivity index is 2.02. The number of aryl methyl sites for hydroxylation is 2. The molecule has 134 valence electrons. The first-order valence-corrected chi connectivity index (χ1v) is 9.46. The smallest absolute Gasteiger partial charge is 0.0146 e. The van der Waals surface area contributed by atoms with E-state index in [2.05, 4.69) is 114 Å². The van der Waals surface area contributed by atoms with Crippen LogP contribution in [-0.2, 0) is 10.8 Å². The molecule has 0 aliphatic rings. The molecule has 3 aromatic carbocycles. The van der Waals surface area contributed by atoms with Crippen LogP contribution in [0.1, 0.15) is 61.1 Å². The van der Waals surface area contributed by atoms with Crippen LogP contribution in [0.3, 0.4) is 0 Å². The van der Waals surface area contributed by atoms with Crippen molar-refractivity contribution in [3.8, 4) is 0 Å². The lowest BCUT2D eigenvalue weighted by molar-refractivity contribution is 0.617. The first kappa shape index (κ1) is 18.5. The summed E-state index contributed by atoms with van der Waals surface area (Å²) in [6.45, 7) is 13.5. The Morgan fingerprint density at radius 2 is 0.808 bits per heavy atom. The molecule has 0 nitrogen and oxygen atoms in total. The van der Waals surface area contributed by atoms with E-state index in [-0.39, 0.29) is 10.8 Å². The van der Waals surface area contributed by atoms with Gasteiger partial charge in [-0.2, -0.15) is 0 Å². The summed E-state index contributed by atoms with van der Waals surface area (Å²) in [7, 11) is 0. The molecule has 0 aromatic heterocycles. The standard InChI is InChI=1S/C26H30/c1-19-10-14-21(15-11-19)25(3,4)23-8-7-9-24(18-23)26(5,6)22-16-12-20(2)13-17-22/h7-18H,1-6H3. The van der Waals surface area contributed by atoms with Gasteiger partial charge in [-0.25, -0.2) is 0 Å². The quantitative estimate of drug-likeness (QED) is 0.481. The minimum atomic E-state index is -0.0208. The molecule has 0 saturated carbocycles. The van der Waals surface area contributed by atoms with Crippen molar-refractivity contribution in [3.63, 3.8) is 0 Å². The summed E-state index contributed by atoms with van der Waals surface area (Å²) in [5.74, 6) is 0. The predicted molar refractivity (Wildman–Crippen MR) is 113 cm³/mol. The molecule has 3 aromatic rings. The second-order valence-corrected chi connectivity index (χ2v) is 8.56. The Bertz CT molecular complexity index is 805. The Morgan fingerprint density at radius 3 is 1.15 bits per heavy atom. The second-order valence-electron chi connectivity index (χ2n) is 8.56. The normalized spacial score (nSPS) is 12.2. The third kappa shape index (κ3) is 3.46. The fraction of sp³-hybridized carbons (Fsp3) is 0.308. The number of hydrogen-bond acceptors (Lipinski definition) is 0. The van der Waals surface area contributed by atoms with E-state index in [1.807, 2.05) is 0 Å². The Kier molecular flexibility index (Phi) is 4.80. The molecule has 0 atom stereocenters. The van der Waals surface area contributed by atoms with Gasteiger partial charge in [-0.05, 0) is 36.1 Å². The van der Waals surface area contributed by atoms with E-state index in [4.69, 9.17) is 0 Å². The molecule has 0 radical (unpaired) electrons. The Morgan fingerprint density at radius 1 is 0.462 bits per heavy atom. The average Bonchev–Trinajstić information content (AvgIpc) is 2.62. The van der Waals surface area contributed by atoms with E-state index in [0.29, 0.717) is 0 Å². The molecule has 0 spiro atoms. The van der Waals surface area contributed by atoms with Gasteiger partial charge in [0, 0.05) is 10.8 Å². The van der Waals surface area contributed by atoms with Crippen LogP contribution >= 0.6 is 0 Å². The van der Waals surface area contributed by atoms with Crippen molar-refractivity contribution in [2.45, 2.75) is 52.4 Å². The van der Waals surface area contributed by atoms with E-state index in [1.165, 1.54) is 33.4 Å². The topological polar surface area (TPSA) is 0 Å². The molecule has 0 saturated heterocycles. The summed E-state index contributed by atoms with van der Waals surface area (Å²) in [4.78, 5) is 0. The number of hydrogen-bond donors (Lipinski definition) is 0. The second kappa shape index (κ2) is 6.76. The van der Waals surface area contributed by atoms with Gasteiger partial charge in [0.25, 0.3) is 0 Å². The highest BCUT2D eigenvalue weighted by atomic mass is 14.3. The molecule has 0 fully saturated rings. The van der Waals surface area contributed by atoms with Crippen molar-refractivity contribution < 1.29 is 0 Å². The zero-order valence-electron chi connectivity index (χ0n) is 16.9. The molecule has 0 unspecified atom stereocenters. The lowest BCUT2D eigenvalue weighted by atomic mass is 9.73. The Hall–Kier alpha value is -2.34. The highest BCUT2D eigenvalue weighted by Crippen LogP contribution is 2.36. The molecule has 26 heavy (non-hydrogen) atoms. The van der Waals surface area contributed by atoms with Gasteiger partial charge in [0.15, 0.2) is 0 Å². The van der Waals surface area contributed by atoms with Crippen LogP contribution in [0.2, 0.25) is 0 Å². The third-order valence-corrected chi connectivity index (χ3v) is 5.85. The number of rotatable bonds is 4. The molecule has 0 aliphatic carbocycles. The molecule has 0 amide bonds. The first-order valence-electron chi connectivity index (χ1n) is 9.46. The molecule has 0 heteroatoms. The summed E-state index contributed by atoms with van der Waals surface area (Å²) in [6.07, 6.45) is 0. The van der Waals surface area contributed by atoms with Crippen LogP contribution in [0.25, 0.3) is 0 Å². The summed E-state index contributed by atoms with van der Waals surface area (Å²) in [5, 5.41) is 0. The molecular formula is C26H30. The lowest BCUT2D eigenvalue weighted by Crippen LogP contribution is -2.22. The summed E-state index contributed by atoms with van der Waals surface area (Å²) >= 11 is 0. The first-order chi connectivity index (χ1) is 12.2. The van der Waals surface area contributed by atoms with Crippen LogP contribution in [0.15, 0.2) is 72.8 Å². The molecule has 0 bridgehead atoms. The van der Waals surface area contributed by atoms with Gasteiger partial charge in [-0.1, -0.05) is 112 Å².